The molecule has 32 heavy (non-hydrogen) atoms. The van der Waals surface area contributed by atoms with Crippen molar-refractivity contribution < 1.29 is 4.39 Å². The number of pyridine rings is 1. The lowest BCUT2D eigenvalue weighted by molar-refractivity contribution is -0.0691. The molecule has 1 saturated carbocycles. The fraction of sp³-hybridized carbons (Fsp3) is 0.435. The summed E-state index contributed by atoms with van der Waals surface area (Å²) in [5.41, 5.74) is 4.01. The van der Waals surface area contributed by atoms with Crippen molar-refractivity contribution in [3.05, 3.63) is 48.8 Å². The van der Waals surface area contributed by atoms with Gasteiger partial charge >= 0.3 is 0 Å². The second kappa shape index (κ2) is 7.16. The maximum atomic E-state index is 14.2. The third kappa shape index (κ3) is 3.19. The minimum absolute atomic E-state index is 0.286. The van der Waals surface area contributed by atoms with E-state index < -0.39 is 0 Å². The van der Waals surface area contributed by atoms with E-state index in [1.165, 1.54) is 42.0 Å². The first-order chi connectivity index (χ1) is 15.5. The summed E-state index contributed by atoms with van der Waals surface area (Å²) in [5.74, 6) is -0.286. The molecular formula is C23H27FN8. The van der Waals surface area contributed by atoms with E-state index in [2.05, 4.69) is 55.7 Å². The minimum atomic E-state index is -0.286. The second-order valence-electron chi connectivity index (χ2n) is 9.45. The number of halogens is 1. The van der Waals surface area contributed by atoms with E-state index in [1.807, 2.05) is 17.9 Å². The van der Waals surface area contributed by atoms with Gasteiger partial charge in [-0.05, 0) is 36.5 Å². The number of anilines is 2. The molecule has 0 atom stereocenters. The maximum Gasteiger partial charge on any atom is 0.163 e. The smallest absolute Gasteiger partial charge is 0.163 e. The normalized spacial score (nSPS) is 18.2. The molecule has 1 aliphatic heterocycles. The number of nitrogens with zero attached hydrogens (tertiary/aromatic N) is 7. The van der Waals surface area contributed by atoms with Gasteiger partial charge in [-0.2, -0.15) is 5.10 Å². The predicted molar refractivity (Wildman–Crippen MR) is 122 cm³/mol. The van der Waals surface area contributed by atoms with Gasteiger partial charge in [-0.3, -0.25) is 9.08 Å². The third-order valence-corrected chi connectivity index (χ3v) is 7.27. The van der Waals surface area contributed by atoms with Crippen LogP contribution in [0.3, 0.4) is 0 Å². The van der Waals surface area contributed by atoms with E-state index in [4.69, 9.17) is 0 Å². The molecule has 1 spiro atoms. The summed E-state index contributed by atoms with van der Waals surface area (Å²) < 4.78 is 17.7. The van der Waals surface area contributed by atoms with Crippen molar-refractivity contribution in [1.29, 1.82) is 0 Å². The van der Waals surface area contributed by atoms with E-state index in [0.29, 0.717) is 29.3 Å². The Morgan fingerprint density at radius 1 is 1.25 bits per heavy atom. The second-order valence-corrected chi connectivity index (χ2v) is 9.45. The first kappa shape index (κ1) is 19.5. The number of aromatic nitrogens is 5. The van der Waals surface area contributed by atoms with Crippen LogP contribution in [0.2, 0.25) is 0 Å². The molecule has 1 N–H and O–H groups in total. The molecule has 0 bridgehead atoms. The fourth-order valence-corrected chi connectivity index (χ4v) is 5.42. The summed E-state index contributed by atoms with van der Waals surface area (Å²) in [6.45, 7) is 3.89. The lowest BCUT2D eigenvalue weighted by atomic mass is 9.60. The molecule has 8 nitrogen and oxygen atoms in total. The van der Waals surface area contributed by atoms with Gasteiger partial charge in [0.2, 0.25) is 0 Å². The van der Waals surface area contributed by atoms with Crippen molar-refractivity contribution in [2.45, 2.75) is 18.9 Å². The van der Waals surface area contributed by atoms with Crippen molar-refractivity contribution in [1.82, 2.24) is 29.3 Å². The number of hydrogen-bond acceptors (Lipinski definition) is 6. The van der Waals surface area contributed by atoms with E-state index in [9.17, 15) is 4.39 Å². The molecule has 1 aromatic carbocycles. The Morgan fingerprint density at radius 2 is 2.09 bits per heavy atom. The molecular weight excluding hydrogens is 407 g/mol. The SMILES string of the molecule is CN(c1ccc2cnn(C)c2c1)C1CC2(C1)CN(CCNc1cc3nncn3cc1F)C2. The van der Waals surface area contributed by atoms with Crippen LogP contribution in [-0.2, 0) is 7.05 Å². The zero-order valence-corrected chi connectivity index (χ0v) is 18.4. The molecule has 0 amide bonds. The largest absolute Gasteiger partial charge is 0.381 e. The lowest BCUT2D eigenvalue weighted by Crippen LogP contribution is -2.66. The van der Waals surface area contributed by atoms with Gasteiger partial charge < -0.3 is 15.1 Å². The van der Waals surface area contributed by atoms with Gasteiger partial charge in [0.1, 0.15) is 6.33 Å². The number of nitrogens with one attached hydrogen (secondary N) is 1. The zero-order chi connectivity index (χ0) is 21.9. The van der Waals surface area contributed by atoms with Crippen molar-refractivity contribution in [3.63, 3.8) is 0 Å². The van der Waals surface area contributed by atoms with Crippen LogP contribution in [0.4, 0.5) is 15.8 Å². The summed E-state index contributed by atoms with van der Waals surface area (Å²) in [6.07, 6.45) is 7.29. The van der Waals surface area contributed by atoms with E-state index >= 15 is 0 Å². The molecule has 1 aliphatic carbocycles. The van der Waals surface area contributed by atoms with Gasteiger partial charge in [0.25, 0.3) is 0 Å². The Kier molecular flexibility index (Phi) is 4.36. The molecule has 166 valence electrons. The zero-order valence-electron chi connectivity index (χ0n) is 18.4. The third-order valence-electron chi connectivity index (χ3n) is 7.27. The molecule has 6 rings (SSSR count). The molecule has 2 fully saturated rings. The number of rotatable bonds is 6. The van der Waals surface area contributed by atoms with Crippen LogP contribution in [0.1, 0.15) is 12.8 Å². The molecule has 2 aliphatic rings. The predicted octanol–water partition coefficient (Wildman–Crippen LogP) is 2.77. The number of aryl methyl sites for hydroxylation is 1. The van der Waals surface area contributed by atoms with Crippen LogP contribution in [0, 0.1) is 11.2 Å². The summed E-state index contributed by atoms with van der Waals surface area (Å²) in [4.78, 5) is 4.88. The first-order valence-corrected chi connectivity index (χ1v) is 11.1. The number of fused-ring (bicyclic) bond motifs is 2. The Labute approximate surface area is 185 Å². The van der Waals surface area contributed by atoms with E-state index in [1.54, 1.807) is 10.5 Å². The van der Waals surface area contributed by atoms with E-state index in [-0.39, 0.29) is 5.82 Å². The van der Waals surface area contributed by atoms with Crippen LogP contribution in [-0.4, -0.2) is 68.5 Å². The van der Waals surface area contributed by atoms with E-state index in [0.717, 1.165) is 19.6 Å². The highest BCUT2D eigenvalue weighted by Crippen LogP contribution is 2.50. The molecule has 9 heteroatoms. The monoisotopic (exact) mass is 434 g/mol. The molecule has 0 unspecified atom stereocenters. The summed E-state index contributed by atoms with van der Waals surface area (Å²) >= 11 is 0. The van der Waals surface area contributed by atoms with Crippen molar-refractivity contribution in [2.75, 3.05) is 43.4 Å². The molecule has 4 heterocycles. The Balaban J connectivity index is 0.991. The van der Waals surface area contributed by atoms with Crippen molar-refractivity contribution >= 4 is 27.9 Å². The number of benzene rings is 1. The molecule has 0 radical (unpaired) electrons. The summed E-state index contributed by atoms with van der Waals surface area (Å²) in [6, 6.07) is 8.88. The Morgan fingerprint density at radius 3 is 2.94 bits per heavy atom. The Hall–Kier alpha value is -3.20. The minimum Gasteiger partial charge on any atom is -0.381 e. The molecule has 1 saturated heterocycles. The molecule has 3 aromatic heterocycles. The average molecular weight is 435 g/mol. The first-order valence-electron chi connectivity index (χ1n) is 11.1. The van der Waals surface area contributed by atoms with Gasteiger partial charge in [-0.25, -0.2) is 4.39 Å². The van der Waals surface area contributed by atoms with Crippen molar-refractivity contribution in [2.24, 2.45) is 12.5 Å². The number of hydrogen-bond donors (Lipinski definition) is 1. The maximum absolute atomic E-state index is 14.2. The fourth-order valence-electron chi connectivity index (χ4n) is 5.42. The summed E-state index contributed by atoms with van der Waals surface area (Å²) in [5, 5.41) is 16.5. The summed E-state index contributed by atoms with van der Waals surface area (Å²) in [7, 11) is 4.19. The molecule has 4 aromatic rings. The number of likely N-dealkylation sites (tertiary alicyclic amines) is 1. The lowest BCUT2D eigenvalue weighted by Gasteiger charge is -2.61. The average Bonchev–Trinajstić information content (AvgIpc) is 3.33. The van der Waals surface area contributed by atoms with Crippen LogP contribution >= 0.6 is 0 Å². The standard InChI is InChI=1S/C23H27FN8/c1-29(17-4-3-16-11-27-30(2)21(16)7-17)18-9-23(10-18)13-31(14-23)6-5-25-20-8-22-28-26-15-32(22)12-19(20)24/h3-4,7-8,11-12,15,18,25H,5-6,9-10,13-14H2,1-2H3. The van der Waals surface area contributed by atoms with Crippen LogP contribution < -0.4 is 10.2 Å². The van der Waals surface area contributed by atoms with Gasteiger partial charge in [0.15, 0.2) is 11.5 Å². The van der Waals surface area contributed by atoms with Gasteiger partial charge in [0, 0.05) is 69.7 Å². The van der Waals surface area contributed by atoms with Crippen LogP contribution in [0.25, 0.3) is 16.6 Å². The highest BCUT2D eigenvalue weighted by atomic mass is 19.1. The topological polar surface area (TPSA) is 66.5 Å². The van der Waals surface area contributed by atoms with Crippen molar-refractivity contribution in [3.8, 4) is 0 Å². The van der Waals surface area contributed by atoms with Crippen LogP contribution in [0.15, 0.2) is 43.0 Å². The Bertz CT molecular complexity index is 1280. The highest BCUT2D eigenvalue weighted by molar-refractivity contribution is 5.82. The highest BCUT2D eigenvalue weighted by Gasteiger charge is 2.53. The quantitative estimate of drug-likeness (QED) is 0.503. The van der Waals surface area contributed by atoms with Gasteiger partial charge in [-0.15, -0.1) is 10.2 Å². The van der Waals surface area contributed by atoms with Gasteiger partial charge in [0.05, 0.1) is 17.4 Å². The van der Waals surface area contributed by atoms with Gasteiger partial charge in [-0.1, -0.05) is 0 Å². The van der Waals surface area contributed by atoms with Crippen LogP contribution in [0.5, 0.6) is 0 Å².